The Morgan fingerprint density at radius 1 is 1.29 bits per heavy atom. The van der Waals surface area contributed by atoms with Crippen molar-refractivity contribution in [1.82, 2.24) is 5.32 Å². The van der Waals surface area contributed by atoms with Crippen molar-refractivity contribution in [3.8, 4) is 0 Å². The van der Waals surface area contributed by atoms with Crippen LogP contribution in [0.15, 0.2) is 46.8 Å². The summed E-state index contributed by atoms with van der Waals surface area (Å²) in [6.07, 6.45) is 1.46. The van der Waals surface area contributed by atoms with E-state index in [1.54, 1.807) is 18.2 Å². The van der Waals surface area contributed by atoms with Crippen molar-refractivity contribution < 1.29 is 14.0 Å². The summed E-state index contributed by atoms with van der Waals surface area (Å²) < 4.78 is 14.5. The first kappa shape index (κ1) is 16.6. The maximum Gasteiger partial charge on any atom is 0.167 e. The van der Waals surface area contributed by atoms with Gasteiger partial charge in [0.2, 0.25) is 0 Å². The summed E-state index contributed by atoms with van der Waals surface area (Å²) in [5.41, 5.74) is 2.45. The van der Waals surface area contributed by atoms with Gasteiger partial charge < -0.3 is 5.32 Å². The molecule has 0 radical (unpaired) electrons. The largest absolute Gasteiger partial charge is 0.362 e. The predicted octanol–water partition coefficient (Wildman–Crippen LogP) is 4.02. The molecule has 0 aromatic heterocycles. The number of halogens is 1. The van der Waals surface area contributed by atoms with E-state index in [1.165, 1.54) is 13.0 Å². The molecule has 3 nitrogen and oxygen atoms in total. The molecule has 1 aliphatic carbocycles. The topological polar surface area (TPSA) is 46.2 Å². The van der Waals surface area contributed by atoms with Crippen molar-refractivity contribution in [2.45, 2.75) is 46.5 Å². The quantitative estimate of drug-likeness (QED) is 0.892. The summed E-state index contributed by atoms with van der Waals surface area (Å²) in [7, 11) is 0. The van der Waals surface area contributed by atoms with Gasteiger partial charge in [-0.3, -0.25) is 9.59 Å². The van der Waals surface area contributed by atoms with Gasteiger partial charge in [0.05, 0.1) is 0 Å². The number of rotatable bonds is 2. The second-order valence-corrected chi connectivity index (χ2v) is 7.28. The van der Waals surface area contributed by atoms with E-state index in [4.69, 9.17) is 0 Å². The molecule has 1 aliphatic heterocycles. The smallest absolute Gasteiger partial charge is 0.167 e. The molecule has 1 heterocycles. The highest BCUT2D eigenvalue weighted by Gasteiger charge is 2.44. The van der Waals surface area contributed by atoms with Gasteiger partial charge in [-0.25, -0.2) is 4.39 Å². The van der Waals surface area contributed by atoms with Crippen LogP contribution in [0.25, 0.3) is 0 Å². The second-order valence-electron chi connectivity index (χ2n) is 7.28. The van der Waals surface area contributed by atoms with E-state index in [0.717, 1.165) is 18.5 Å². The molecule has 3 rings (SSSR count). The molecule has 0 bridgehead atoms. The lowest BCUT2D eigenvalue weighted by molar-refractivity contribution is -0.124. The molecule has 0 spiro atoms. The van der Waals surface area contributed by atoms with Crippen LogP contribution in [0.4, 0.5) is 4.39 Å². The molecule has 0 amide bonds. The number of dihydropyridines is 1. The van der Waals surface area contributed by atoms with Crippen molar-refractivity contribution >= 4 is 11.6 Å². The minimum Gasteiger partial charge on any atom is -0.362 e. The van der Waals surface area contributed by atoms with Crippen LogP contribution in [-0.4, -0.2) is 11.6 Å². The van der Waals surface area contributed by atoms with E-state index >= 15 is 0 Å². The van der Waals surface area contributed by atoms with E-state index < -0.39 is 11.3 Å². The fourth-order valence-corrected chi connectivity index (χ4v) is 3.76. The van der Waals surface area contributed by atoms with Gasteiger partial charge in [-0.05, 0) is 32.8 Å². The first-order chi connectivity index (χ1) is 11.2. The highest BCUT2D eigenvalue weighted by molar-refractivity contribution is 6.07. The van der Waals surface area contributed by atoms with Crippen LogP contribution in [0, 0.1) is 11.2 Å². The molecule has 1 unspecified atom stereocenters. The van der Waals surface area contributed by atoms with Gasteiger partial charge in [0.15, 0.2) is 11.6 Å². The molecular formula is C20H22FNO2. The third-order valence-corrected chi connectivity index (χ3v) is 5.10. The molecule has 1 atom stereocenters. The summed E-state index contributed by atoms with van der Waals surface area (Å²) in [4.78, 5) is 25.4. The molecule has 0 saturated heterocycles. The van der Waals surface area contributed by atoms with Crippen LogP contribution in [0.1, 0.15) is 52.0 Å². The van der Waals surface area contributed by atoms with Gasteiger partial charge in [0.1, 0.15) is 5.82 Å². The first-order valence-electron chi connectivity index (χ1n) is 8.25. The van der Waals surface area contributed by atoms with Gasteiger partial charge in [-0.1, -0.05) is 32.0 Å². The van der Waals surface area contributed by atoms with Crippen LogP contribution in [-0.2, 0) is 9.59 Å². The Bertz CT molecular complexity index is 802. The number of nitrogens with one attached hydrogen (secondary N) is 1. The van der Waals surface area contributed by atoms with E-state index in [-0.39, 0.29) is 17.4 Å². The van der Waals surface area contributed by atoms with Gasteiger partial charge in [-0.15, -0.1) is 0 Å². The fraction of sp³-hybridized carbons (Fsp3) is 0.400. The maximum atomic E-state index is 14.5. The molecule has 2 aliphatic rings. The molecule has 4 heteroatoms. The monoisotopic (exact) mass is 327 g/mol. The van der Waals surface area contributed by atoms with Crippen molar-refractivity contribution in [3.63, 3.8) is 0 Å². The summed E-state index contributed by atoms with van der Waals surface area (Å²) in [5.74, 6) is -1.17. The highest BCUT2D eigenvalue weighted by atomic mass is 19.1. The normalized spacial score (nSPS) is 23.0. The Hall–Kier alpha value is -2.23. The molecule has 1 aromatic rings. The summed E-state index contributed by atoms with van der Waals surface area (Å²) >= 11 is 0. The first-order valence-corrected chi connectivity index (χ1v) is 8.25. The minimum absolute atomic E-state index is 0.00393. The van der Waals surface area contributed by atoms with Crippen LogP contribution in [0.2, 0.25) is 0 Å². The average Bonchev–Trinajstić information content (AvgIpc) is 2.50. The van der Waals surface area contributed by atoms with Crippen molar-refractivity contribution in [1.29, 1.82) is 0 Å². The number of benzene rings is 1. The zero-order valence-corrected chi connectivity index (χ0v) is 14.5. The van der Waals surface area contributed by atoms with E-state index in [9.17, 15) is 14.0 Å². The third kappa shape index (κ3) is 2.50. The summed E-state index contributed by atoms with van der Waals surface area (Å²) in [6.45, 7) is 7.11. The molecular weight excluding hydrogens is 305 g/mol. The van der Waals surface area contributed by atoms with Crippen LogP contribution < -0.4 is 5.32 Å². The molecule has 1 aromatic carbocycles. The number of hydrogen-bond donors (Lipinski definition) is 1. The third-order valence-electron chi connectivity index (χ3n) is 5.10. The number of carbonyl (C=O) groups excluding carboxylic acids is 2. The van der Waals surface area contributed by atoms with Gasteiger partial charge in [0, 0.05) is 39.4 Å². The van der Waals surface area contributed by atoms with Gasteiger partial charge in [0.25, 0.3) is 0 Å². The van der Waals surface area contributed by atoms with Gasteiger partial charge in [-0.2, -0.15) is 0 Å². The molecule has 126 valence electrons. The lowest BCUT2D eigenvalue weighted by Crippen LogP contribution is -2.40. The number of carbonyl (C=O) groups is 2. The SMILES string of the molecule is CC(=O)C1=C(C)NC2=C(C(=O)C(C)(C)CC2)C1c1ccccc1F. The fourth-order valence-electron chi connectivity index (χ4n) is 3.76. The van der Waals surface area contributed by atoms with E-state index in [2.05, 4.69) is 5.32 Å². The van der Waals surface area contributed by atoms with E-state index in [1.807, 2.05) is 20.8 Å². The number of allylic oxidation sites excluding steroid dienone is 4. The van der Waals surface area contributed by atoms with Crippen LogP contribution >= 0.6 is 0 Å². The van der Waals surface area contributed by atoms with Crippen molar-refractivity contribution in [2.75, 3.05) is 0 Å². The molecule has 0 saturated carbocycles. The summed E-state index contributed by atoms with van der Waals surface area (Å²) in [5, 5.41) is 3.23. The lowest BCUT2D eigenvalue weighted by atomic mass is 9.67. The van der Waals surface area contributed by atoms with E-state index in [0.29, 0.717) is 22.4 Å². The van der Waals surface area contributed by atoms with Gasteiger partial charge >= 0.3 is 0 Å². The Morgan fingerprint density at radius 3 is 2.58 bits per heavy atom. The number of Topliss-reactive ketones (excluding diaryl/α,β-unsaturated/α-hetero) is 2. The molecule has 1 N–H and O–H groups in total. The predicted molar refractivity (Wildman–Crippen MR) is 90.7 cm³/mol. The Kier molecular flexibility index (Phi) is 3.94. The Labute approximate surface area is 141 Å². The molecule has 24 heavy (non-hydrogen) atoms. The maximum absolute atomic E-state index is 14.5. The second kappa shape index (κ2) is 5.69. The number of hydrogen-bond acceptors (Lipinski definition) is 3. The average molecular weight is 327 g/mol. The minimum atomic E-state index is -0.632. The summed E-state index contributed by atoms with van der Waals surface area (Å²) in [6, 6.07) is 6.41. The zero-order valence-electron chi connectivity index (χ0n) is 14.5. The van der Waals surface area contributed by atoms with Crippen molar-refractivity contribution in [3.05, 3.63) is 58.2 Å². The lowest BCUT2D eigenvalue weighted by Gasteiger charge is -2.39. The number of ketones is 2. The Balaban J connectivity index is 2.26. The van der Waals surface area contributed by atoms with Crippen LogP contribution in [0.3, 0.4) is 0 Å². The van der Waals surface area contributed by atoms with Crippen molar-refractivity contribution in [2.24, 2.45) is 5.41 Å². The highest BCUT2D eigenvalue weighted by Crippen LogP contribution is 2.47. The van der Waals surface area contributed by atoms with Crippen LogP contribution in [0.5, 0.6) is 0 Å². The molecule has 0 fully saturated rings. The Morgan fingerprint density at radius 2 is 1.96 bits per heavy atom. The zero-order chi connectivity index (χ0) is 17.6. The standard InChI is InChI=1S/C20H22FNO2/c1-11-16(12(2)23)17(13-7-5-6-8-14(13)21)18-15(22-11)9-10-20(3,4)19(18)24/h5-8,17,22H,9-10H2,1-4H3.